The van der Waals surface area contributed by atoms with E-state index in [4.69, 9.17) is 0 Å². The number of amides is 2. The second-order valence-electron chi connectivity index (χ2n) is 8.01. The number of halogens is 2. The molecule has 0 saturated carbocycles. The smallest absolute Gasteiger partial charge is 0.274 e. The standard InChI is InChI=1S/C24H24F2N6O2/c1-31-9-2-10-32(12-11-31)18-5-7-21(27-15-18)24(34)29-20-6-3-16(25)13-19(20)23(33)30-22-8-4-17(26)14-28-22/h3-8,13-15H,2,9-12H2,1H3,(H,29,34)(H,28,30,33). The first-order valence-corrected chi connectivity index (χ1v) is 10.8. The summed E-state index contributed by atoms with van der Waals surface area (Å²) >= 11 is 0. The second kappa shape index (κ2) is 10.3. The number of pyridine rings is 2. The minimum atomic E-state index is -0.705. The van der Waals surface area contributed by atoms with Crippen LogP contribution in [0.5, 0.6) is 0 Å². The molecule has 4 rings (SSSR count). The number of aromatic nitrogens is 2. The van der Waals surface area contributed by atoms with Gasteiger partial charge in [-0.2, -0.15) is 0 Å². The monoisotopic (exact) mass is 466 g/mol. The molecule has 0 bridgehead atoms. The molecule has 0 unspecified atom stereocenters. The first-order chi connectivity index (χ1) is 16.4. The lowest BCUT2D eigenvalue weighted by molar-refractivity contribution is 0.102. The first kappa shape index (κ1) is 23.2. The molecule has 1 aliphatic heterocycles. The van der Waals surface area contributed by atoms with Gasteiger partial charge in [-0.15, -0.1) is 0 Å². The highest BCUT2D eigenvalue weighted by atomic mass is 19.1. The fourth-order valence-corrected chi connectivity index (χ4v) is 3.65. The van der Waals surface area contributed by atoms with Gasteiger partial charge >= 0.3 is 0 Å². The summed E-state index contributed by atoms with van der Waals surface area (Å²) < 4.78 is 26.9. The average molecular weight is 466 g/mol. The Morgan fingerprint density at radius 3 is 2.41 bits per heavy atom. The van der Waals surface area contributed by atoms with Crippen LogP contribution in [0.1, 0.15) is 27.3 Å². The predicted molar refractivity (Wildman–Crippen MR) is 125 cm³/mol. The van der Waals surface area contributed by atoms with Crippen molar-refractivity contribution >= 4 is 29.0 Å². The first-order valence-electron chi connectivity index (χ1n) is 10.8. The van der Waals surface area contributed by atoms with E-state index in [-0.39, 0.29) is 22.8 Å². The van der Waals surface area contributed by atoms with Crippen molar-refractivity contribution in [2.45, 2.75) is 6.42 Å². The van der Waals surface area contributed by atoms with Gasteiger partial charge in [0.2, 0.25) is 0 Å². The minimum absolute atomic E-state index is 0.0879. The molecule has 2 amide bonds. The molecule has 2 aromatic heterocycles. The number of hydrogen-bond donors (Lipinski definition) is 2. The van der Waals surface area contributed by atoms with E-state index in [1.807, 2.05) is 6.07 Å². The van der Waals surface area contributed by atoms with Crippen LogP contribution in [0.3, 0.4) is 0 Å². The average Bonchev–Trinajstić information content (AvgIpc) is 3.06. The lowest BCUT2D eigenvalue weighted by Crippen LogP contribution is -2.28. The molecule has 8 nitrogen and oxygen atoms in total. The highest BCUT2D eigenvalue weighted by Gasteiger charge is 2.18. The van der Waals surface area contributed by atoms with Crippen molar-refractivity contribution in [1.82, 2.24) is 14.9 Å². The lowest BCUT2D eigenvalue weighted by Gasteiger charge is -2.22. The zero-order valence-electron chi connectivity index (χ0n) is 18.6. The number of benzene rings is 1. The van der Waals surface area contributed by atoms with Gasteiger partial charge in [0.1, 0.15) is 23.1 Å². The van der Waals surface area contributed by atoms with Crippen LogP contribution in [0.4, 0.5) is 26.0 Å². The van der Waals surface area contributed by atoms with Gasteiger partial charge in [0.25, 0.3) is 11.8 Å². The fraction of sp³-hybridized carbons (Fsp3) is 0.250. The van der Waals surface area contributed by atoms with Crippen molar-refractivity contribution < 1.29 is 18.4 Å². The summed E-state index contributed by atoms with van der Waals surface area (Å²) in [6, 6.07) is 9.30. The van der Waals surface area contributed by atoms with E-state index in [2.05, 4.69) is 37.4 Å². The van der Waals surface area contributed by atoms with Crippen molar-refractivity contribution in [3.63, 3.8) is 0 Å². The largest absolute Gasteiger partial charge is 0.369 e. The van der Waals surface area contributed by atoms with Crippen molar-refractivity contribution in [2.24, 2.45) is 0 Å². The van der Waals surface area contributed by atoms with Crippen molar-refractivity contribution in [3.05, 3.63) is 77.8 Å². The highest BCUT2D eigenvalue weighted by Crippen LogP contribution is 2.21. The number of hydrogen-bond acceptors (Lipinski definition) is 6. The molecule has 1 fully saturated rings. The molecule has 10 heteroatoms. The van der Waals surface area contributed by atoms with E-state index in [9.17, 15) is 18.4 Å². The van der Waals surface area contributed by atoms with Crippen LogP contribution in [0.25, 0.3) is 0 Å². The van der Waals surface area contributed by atoms with E-state index in [1.165, 1.54) is 12.1 Å². The van der Waals surface area contributed by atoms with Gasteiger partial charge in [-0.3, -0.25) is 9.59 Å². The Hall–Kier alpha value is -3.92. The summed E-state index contributed by atoms with van der Waals surface area (Å²) in [7, 11) is 2.09. The Labute approximate surface area is 195 Å². The molecule has 2 N–H and O–H groups in total. The maximum Gasteiger partial charge on any atom is 0.274 e. The topological polar surface area (TPSA) is 90.5 Å². The normalized spacial score (nSPS) is 14.4. The summed E-state index contributed by atoms with van der Waals surface area (Å²) in [4.78, 5) is 38.0. The summed E-state index contributed by atoms with van der Waals surface area (Å²) in [6.45, 7) is 3.77. The number of carbonyl (C=O) groups is 2. The SMILES string of the molecule is CN1CCCN(c2ccc(C(=O)Nc3ccc(F)cc3C(=O)Nc3ccc(F)cn3)nc2)CC1. The number of anilines is 3. The number of nitrogens with one attached hydrogen (secondary N) is 2. The fourth-order valence-electron chi connectivity index (χ4n) is 3.65. The van der Waals surface area contributed by atoms with Crippen molar-refractivity contribution in [2.75, 3.05) is 48.8 Å². The molecule has 176 valence electrons. The molecule has 1 saturated heterocycles. The summed E-state index contributed by atoms with van der Waals surface area (Å²) in [5.74, 6) is -2.37. The Morgan fingerprint density at radius 1 is 0.853 bits per heavy atom. The molecule has 1 aliphatic rings. The Morgan fingerprint density at radius 2 is 1.68 bits per heavy atom. The van der Waals surface area contributed by atoms with Gasteiger partial charge in [-0.05, 0) is 62.5 Å². The lowest BCUT2D eigenvalue weighted by atomic mass is 10.1. The van der Waals surface area contributed by atoms with Crippen LogP contribution in [0, 0.1) is 11.6 Å². The quantitative estimate of drug-likeness (QED) is 0.599. The molecule has 0 radical (unpaired) electrons. The van der Waals surface area contributed by atoms with E-state index in [1.54, 1.807) is 12.3 Å². The third-order valence-electron chi connectivity index (χ3n) is 5.51. The maximum absolute atomic E-state index is 13.9. The third-order valence-corrected chi connectivity index (χ3v) is 5.51. The molecule has 3 aromatic rings. The summed E-state index contributed by atoms with van der Waals surface area (Å²) in [6.07, 6.45) is 3.64. The minimum Gasteiger partial charge on any atom is -0.369 e. The van der Waals surface area contributed by atoms with Gasteiger partial charge in [0.15, 0.2) is 0 Å². The number of likely N-dealkylation sites (N-methyl/N-ethyl adjacent to an activating group) is 1. The molecule has 1 aromatic carbocycles. The van der Waals surface area contributed by atoms with Gasteiger partial charge in [0, 0.05) is 19.6 Å². The maximum atomic E-state index is 13.9. The number of rotatable bonds is 5. The Kier molecular flexibility index (Phi) is 7.07. The molecule has 0 aliphatic carbocycles. The van der Waals surface area contributed by atoms with Crippen molar-refractivity contribution in [1.29, 1.82) is 0 Å². The van der Waals surface area contributed by atoms with Crippen LogP contribution < -0.4 is 15.5 Å². The molecule has 34 heavy (non-hydrogen) atoms. The van der Waals surface area contributed by atoms with Gasteiger partial charge in [-0.1, -0.05) is 0 Å². The predicted octanol–water partition coefficient (Wildman–Crippen LogP) is 3.40. The Bertz CT molecular complexity index is 1170. The zero-order chi connectivity index (χ0) is 24.1. The molecular weight excluding hydrogens is 442 g/mol. The van der Waals surface area contributed by atoms with Gasteiger partial charge < -0.3 is 20.4 Å². The highest BCUT2D eigenvalue weighted by molar-refractivity contribution is 6.11. The van der Waals surface area contributed by atoms with Gasteiger partial charge in [0.05, 0.1) is 29.3 Å². The third kappa shape index (κ3) is 5.70. The molecule has 3 heterocycles. The van der Waals surface area contributed by atoms with Gasteiger partial charge in [-0.25, -0.2) is 18.7 Å². The molecular formula is C24H24F2N6O2. The van der Waals surface area contributed by atoms with E-state index in [0.29, 0.717) is 0 Å². The van der Waals surface area contributed by atoms with E-state index >= 15 is 0 Å². The van der Waals surface area contributed by atoms with Crippen LogP contribution in [-0.2, 0) is 0 Å². The van der Waals surface area contributed by atoms with Crippen molar-refractivity contribution in [3.8, 4) is 0 Å². The van der Waals surface area contributed by atoms with Crippen LogP contribution in [-0.4, -0.2) is 59.9 Å². The van der Waals surface area contributed by atoms with Crippen LogP contribution in [0.15, 0.2) is 54.9 Å². The molecule has 0 spiro atoms. The second-order valence-corrected chi connectivity index (χ2v) is 8.01. The van der Waals surface area contributed by atoms with Crippen LogP contribution >= 0.6 is 0 Å². The zero-order valence-corrected chi connectivity index (χ0v) is 18.6. The Balaban J connectivity index is 1.47. The molecule has 0 atom stereocenters. The number of nitrogens with zero attached hydrogens (tertiary/aromatic N) is 4. The van der Waals surface area contributed by atoms with Crippen LogP contribution in [0.2, 0.25) is 0 Å². The summed E-state index contributed by atoms with van der Waals surface area (Å²) in [5.41, 5.74) is 1.09. The van der Waals surface area contributed by atoms with E-state index in [0.717, 1.165) is 62.7 Å². The summed E-state index contributed by atoms with van der Waals surface area (Å²) in [5, 5.41) is 5.07. The number of carbonyl (C=O) groups excluding carboxylic acids is 2. The van der Waals surface area contributed by atoms with E-state index < -0.39 is 23.4 Å².